The summed E-state index contributed by atoms with van der Waals surface area (Å²) >= 11 is 5.46. The molecule has 1 unspecified atom stereocenters. The lowest BCUT2D eigenvalue weighted by Gasteiger charge is -2.17. The highest BCUT2D eigenvalue weighted by atomic mass is 35.5. The Bertz CT molecular complexity index is 144. The summed E-state index contributed by atoms with van der Waals surface area (Å²) in [6, 6.07) is 0. The zero-order chi connectivity index (χ0) is 6.85. The van der Waals surface area contributed by atoms with Gasteiger partial charge >= 0.3 is 0 Å². The molecule has 0 aliphatic carbocycles. The third kappa shape index (κ3) is 1.36. The van der Waals surface area contributed by atoms with E-state index in [1.165, 1.54) is 0 Å². The lowest BCUT2D eigenvalue weighted by atomic mass is 10.1. The molecule has 0 amide bonds. The van der Waals surface area contributed by atoms with Crippen molar-refractivity contribution in [3.8, 4) is 0 Å². The van der Waals surface area contributed by atoms with Gasteiger partial charge in [0.15, 0.2) is 0 Å². The van der Waals surface area contributed by atoms with E-state index in [-0.39, 0.29) is 16.9 Å². The average molecular weight is 150 g/mol. The number of rotatable bonds is 0. The summed E-state index contributed by atoms with van der Waals surface area (Å²) in [6.07, 6.45) is 0.835. The summed E-state index contributed by atoms with van der Waals surface area (Å²) in [6.45, 7) is 2.62. The van der Waals surface area contributed by atoms with Crippen LogP contribution in [-0.2, 0) is 0 Å². The van der Waals surface area contributed by atoms with Crippen LogP contribution in [0.15, 0.2) is 11.0 Å². The molecule has 52 valence electrons. The second-order valence-corrected chi connectivity index (χ2v) is 2.66. The topological polar surface area (TPSA) is 12.0 Å². The summed E-state index contributed by atoms with van der Waals surface area (Å²) in [4.78, 5) is 0. The normalized spacial score (nSPS) is 28.1. The zero-order valence-corrected chi connectivity index (χ0v) is 6.00. The van der Waals surface area contributed by atoms with Gasteiger partial charge in [-0.05, 0) is 6.42 Å². The molecule has 1 heterocycles. The van der Waals surface area contributed by atoms with Crippen LogP contribution < -0.4 is 5.32 Å². The lowest BCUT2D eigenvalue weighted by Crippen LogP contribution is -2.22. The van der Waals surface area contributed by atoms with E-state index in [0.29, 0.717) is 0 Å². The van der Waals surface area contributed by atoms with Gasteiger partial charge < -0.3 is 5.32 Å². The molecule has 1 rings (SSSR count). The second-order valence-electron chi connectivity index (χ2n) is 2.28. The maximum Gasteiger partial charge on any atom is 0.138 e. The van der Waals surface area contributed by atoms with Crippen molar-refractivity contribution in [1.29, 1.82) is 0 Å². The van der Waals surface area contributed by atoms with E-state index in [9.17, 15) is 4.39 Å². The molecule has 0 aromatic rings. The van der Waals surface area contributed by atoms with Crippen molar-refractivity contribution >= 4 is 11.6 Å². The van der Waals surface area contributed by atoms with E-state index in [0.717, 1.165) is 13.0 Å². The fraction of sp³-hybridized carbons (Fsp3) is 0.667. The van der Waals surface area contributed by atoms with Gasteiger partial charge in [-0.25, -0.2) is 4.39 Å². The maximum atomic E-state index is 12.7. The number of hydrogen-bond acceptors (Lipinski definition) is 1. The van der Waals surface area contributed by atoms with Crippen LogP contribution >= 0.6 is 11.6 Å². The van der Waals surface area contributed by atoms with E-state index in [1.807, 2.05) is 6.92 Å². The Hall–Kier alpha value is -0.240. The molecule has 1 aliphatic rings. The van der Waals surface area contributed by atoms with Gasteiger partial charge in [-0.1, -0.05) is 18.5 Å². The standard InChI is InChI=1S/C6H9ClFN/c1-4-2-3-9-6(7)5(4)8/h4,9H,2-3H2,1H3. The van der Waals surface area contributed by atoms with Crippen molar-refractivity contribution in [3.63, 3.8) is 0 Å². The van der Waals surface area contributed by atoms with Crippen molar-refractivity contribution < 1.29 is 4.39 Å². The Labute approximate surface area is 58.9 Å². The third-order valence-electron chi connectivity index (χ3n) is 1.50. The van der Waals surface area contributed by atoms with E-state index in [1.54, 1.807) is 0 Å². The molecule has 0 bridgehead atoms. The predicted octanol–water partition coefficient (Wildman–Crippen LogP) is 1.99. The smallest absolute Gasteiger partial charge is 0.138 e. The first-order valence-corrected chi connectivity index (χ1v) is 3.38. The maximum absolute atomic E-state index is 12.7. The first kappa shape index (κ1) is 6.87. The molecule has 1 aliphatic heterocycles. The van der Waals surface area contributed by atoms with Crippen molar-refractivity contribution in [2.24, 2.45) is 5.92 Å². The Morgan fingerprint density at radius 1 is 1.78 bits per heavy atom. The number of nitrogens with one attached hydrogen (secondary N) is 1. The molecule has 0 aromatic heterocycles. The van der Waals surface area contributed by atoms with Gasteiger partial charge in [-0.15, -0.1) is 0 Å². The SMILES string of the molecule is CC1CCNC(Cl)=C1F. The zero-order valence-electron chi connectivity index (χ0n) is 5.25. The molecule has 9 heavy (non-hydrogen) atoms. The van der Waals surface area contributed by atoms with E-state index < -0.39 is 0 Å². The van der Waals surface area contributed by atoms with Crippen molar-refractivity contribution in [2.45, 2.75) is 13.3 Å². The third-order valence-corrected chi connectivity index (χ3v) is 1.81. The number of allylic oxidation sites excluding steroid dienone is 1. The average Bonchev–Trinajstić information content (AvgIpc) is 1.83. The second kappa shape index (κ2) is 2.56. The monoisotopic (exact) mass is 149 g/mol. The fourth-order valence-electron chi connectivity index (χ4n) is 0.826. The van der Waals surface area contributed by atoms with E-state index in [4.69, 9.17) is 11.6 Å². The summed E-state index contributed by atoms with van der Waals surface area (Å²) in [5, 5.41) is 2.92. The Kier molecular flexibility index (Phi) is 1.96. The van der Waals surface area contributed by atoms with Crippen LogP contribution in [0.25, 0.3) is 0 Å². The van der Waals surface area contributed by atoms with Gasteiger partial charge in [0.1, 0.15) is 11.0 Å². The number of halogens is 2. The lowest BCUT2D eigenvalue weighted by molar-refractivity contribution is 0.428. The molecule has 0 spiro atoms. The molecule has 1 atom stereocenters. The summed E-state index contributed by atoms with van der Waals surface area (Å²) in [5.74, 6) is -0.207. The first-order valence-electron chi connectivity index (χ1n) is 3.01. The quantitative estimate of drug-likeness (QED) is 0.520. The minimum absolute atomic E-state index is 0.00116. The highest BCUT2D eigenvalue weighted by Gasteiger charge is 2.16. The summed E-state index contributed by atoms with van der Waals surface area (Å²) < 4.78 is 12.7. The van der Waals surface area contributed by atoms with Crippen LogP contribution in [0, 0.1) is 5.92 Å². The van der Waals surface area contributed by atoms with Gasteiger partial charge in [0.2, 0.25) is 0 Å². The molecule has 0 fully saturated rings. The van der Waals surface area contributed by atoms with Crippen molar-refractivity contribution in [1.82, 2.24) is 5.32 Å². The van der Waals surface area contributed by atoms with Crippen LogP contribution in [0.4, 0.5) is 4.39 Å². The minimum Gasteiger partial charge on any atom is -0.374 e. The molecule has 0 radical (unpaired) electrons. The minimum atomic E-state index is -0.206. The fourth-order valence-corrected chi connectivity index (χ4v) is 1.11. The Morgan fingerprint density at radius 3 is 2.89 bits per heavy atom. The highest BCUT2D eigenvalue weighted by Crippen LogP contribution is 2.23. The van der Waals surface area contributed by atoms with Crippen LogP contribution in [-0.4, -0.2) is 6.54 Å². The predicted molar refractivity (Wildman–Crippen MR) is 35.8 cm³/mol. The molecule has 1 N–H and O–H groups in total. The summed E-state index contributed by atoms with van der Waals surface area (Å²) in [5.41, 5.74) is 0. The molecule has 1 nitrogen and oxygen atoms in total. The molecule has 0 saturated carbocycles. The van der Waals surface area contributed by atoms with Gasteiger partial charge in [0.25, 0.3) is 0 Å². The molecule has 3 heteroatoms. The van der Waals surface area contributed by atoms with Crippen molar-refractivity contribution in [3.05, 3.63) is 11.0 Å². The van der Waals surface area contributed by atoms with Gasteiger partial charge in [-0.3, -0.25) is 0 Å². The van der Waals surface area contributed by atoms with Crippen LogP contribution in [0.3, 0.4) is 0 Å². The number of hydrogen-bond donors (Lipinski definition) is 1. The van der Waals surface area contributed by atoms with Crippen molar-refractivity contribution in [2.75, 3.05) is 6.54 Å². The van der Waals surface area contributed by atoms with Gasteiger partial charge in [-0.2, -0.15) is 0 Å². The highest BCUT2D eigenvalue weighted by molar-refractivity contribution is 6.29. The van der Waals surface area contributed by atoms with E-state index in [2.05, 4.69) is 5.32 Å². The molecule has 0 saturated heterocycles. The van der Waals surface area contributed by atoms with Crippen LogP contribution in [0.1, 0.15) is 13.3 Å². The molecular weight excluding hydrogens is 141 g/mol. The van der Waals surface area contributed by atoms with Gasteiger partial charge in [0, 0.05) is 12.5 Å². The molecular formula is C6H9ClFN. The van der Waals surface area contributed by atoms with Crippen LogP contribution in [0.2, 0.25) is 0 Å². The van der Waals surface area contributed by atoms with E-state index >= 15 is 0 Å². The summed E-state index contributed by atoms with van der Waals surface area (Å²) in [7, 11) is 0. The molecule has 0 aromatic carbocycles. The Morgan fingerprint density at radius 2 is 2.44 bits per heavy atom. The van der Waals surface area contributed by atoms with Crippen LogP contribution in [0.5, 0.6) is 0 Å². The first-order chi connectivity index (χ1) is 4.22. The van der Waals surface area contributed by atoms with Gasteiger partial charge in [0.05, 0.1) is 0 Å². The Balaban J connectivity index is 2.72. The largest absolute Gasteiger partial charge is 0.374 e.